The quantitative estimate of drug-likeness (QED) is 0.254. The number of aliphatic hydroxyl groups excluding tert-OH is 4. The third kappa shape index (κ3) is 4.05. The SMILES string of the molecule is CC12CCC3C(CCC4CC(OC5OC(CO)C(O)C(O)C5O)CCC43C)C1=CCC2C1=CC(=O)OC1. The van der Waals surface area contributed by atoms with Gasteiger partial charge in [-0.3, -0.25) is 0 Å². The first-order valence-corrected chi connectivity index (χ1v) is 14.2. The molecular formula is C29H42O8. The van der Waals surface area contributed by atoms with Crippen LogP contribution in [-0.4, -0.2) is 76.4 Å². The molecule has 6 rings (SSSR count). The Hall–Kier alpha value is -1.29. The maximum absolute atomic E-state index is 11.8. The molecule has 206 valence electrons. The molecule has 2 aliphatic heterocycles. The van der Waals surface area contributed by atoms with Crippen molar-refractivity contribution < 1.29 is 39.4 Å². The Kier molecular flexibility index (Phi) is 6.61. The fourth-order valence-electron chi connectivity index (χ4n) is 9.19. The van der Waals surface area contributed by atoms with E-state index in [-0.39, 0.29) is 22.9 Å². The Labute approximate surface area is 218 Å². The summed E-state index contributed by atoms with van der Waals surface area (Å²) in [5.74, 6) is 1.92. The molecule has 8 nitrogen and oxygen atoms in total. The fraction of sp³-hybridized carbons (Fsp3) is 0.828. The zero-order valence-electron chi connectivity index (χ0n) is 21.9. The number of allylic oxidation sites excluding steroid dienone is 2. The lowest BCUT2D eigenvalue weighted by Gasteiger charge is -2.60. The van der Waals surface area contributed by atoms with Crippen LogP contribution < -0.4 is 0 Å². The topological polar surface area (TPSA) is 126 Å². The molecule has 0 bridgehead atoms. The molecular weight excluding hydrogens is 476 g/mol. The van der Waals surface area contributed by atoms with Crippen LogP contribution in [0.3, 0.4) is 0 Å². The summed E-state index contributed by atoms with van der Waals surface area (Å²) in [7, 11) is 0. The molecule has 4 fully saturated rings. The molecule has 0 aromatic carbocycles. The lowest BCUT2D eigenvalue weighted by Crippen LogP contribution is -2.60. The lowest BCUT2D eigenvalue weighted by molar-refractivity contribution is -0.316. The van der Waals surface area contributed by atoms with Gasteiger partial charge in [0.05, 0.1) is 12.7 Å². The van der Waals surface area contributed by atoms with Gasteiger partial charge < -0.3 is 34.6 Å². The Morgan fingerprint density at radius 2 is 1.86 bits per heavy atom. The van der Waals surface area contributed by atoms with E-state index < -0.39 is 37.3 Å². The van der Waals surface area contributed by atoms with Crippen LogP contribution >= 0.6 is 0 Å². The number of ether oxygens (including phenoxy) is 3. The molecule has 0 aromatic heterocycles. The molecule has 3 saturated carbocycles. The van der Waals surface area contributed by atoms with E-state index in [2.05, 4.69) is 19.9 Å². The van der Waals surface area contributed by atoms with Gasteiger partial charge in [0, 0.05) is 6.08 Å². The summed E-state index contributed by atoms with van der Waals surface area (Å²) >= 11 is 0. The minimum absolute atomic E-state index is 0.0909. The van der Waals surface area contributed by atoms with Crippen LogP contribution in [0, 0.1) is 34.5 Å². The van der Waals surface area contributed by atoms with Crippen LogP contribution in [0.5, 0.6) is 0 Å². The summed E-state index contributed by atoms with van der Waals surface area (Å²) in [5, 5.41) is 40.2. The van der Waals surface area contributed by atoms with Crippen molar-refractivity contribution in [2.24, 2.45) is 34.5 Å². The number of aliphatic hydroxyl groups is 4. The van der Waals surface area contributed by atoms with Crippen LogP contribution in [0.1, 0.15) is 65.2 Å². The van der Waals surface area contributed by atoms with Gasteiger partial charge in [0.1, 0.15) is 31.0 Å². The Balaban J connectivity index is 1.13. The summed E-state index contributed by atoms with van der Waals surface area (Å²) in [6.07, 6.45) is 6.43. The van der Waals surface area contributed by atoms with Crippen LogP contribution in [0.2, 0.25) is 0 Å². The second-order valence-electron chi connectivity index (χ2n) is 13.0. The molecule has 12 atom stereocenters. The van der Waals surface area contributed by atoms with Crippen molar-refractivity contribution in [2.75, 3.05) is 13.2 Å². The molecule has 0 aromatic rings. The predicted octanol–water partition coefficient (Wildman–Crippen LogP) is 2.23. The maximum Gasteiger partial charge on any atom is 0.331 e. The molecule has 4 N–H and O–H groups in total. The average molecular weight is 519 g/mol. The molecule has 37 heavy (non-hydrogen) atoms. The van der Waals surface area contributed by atoms with E-state index in [0.29, 0.717) is 30.3 Å². The number of fused-ring (bicyclic) bond motifs is 5. The first-order chi connectivity index (χ1) is 17.7. The zero-order chi connectivity index (χ0) is 26.1. The van der Waals surface area contributed by atoms with E-state index in [9.17, 15) is 25.2 Å². The minimum atomic E-state index is -1.41. The summed E-state index contributed by atoms with van der Waals surface area (Å²) in [5.41, 5.74) is 3.13. The van der Waals surface area contributed by atoms with Crippen LogP contribution in [-0.2, 0) is 19.0 Å². The van der Waals surface area contributed by atoms with E-state index in [1.807, 2.05) is 0 Å². The Bertz CT molecular complexity index is 975. The zero-order valence-corrected chi connectivity index (χ0v) is 21.9. The number of carbonyl (C=O) groups is 1. The van der Waals surface area contributed by atoms with Crippen molar-refractivity contribution in [2.45, 2.75) is 102 Å². The van der Waals surface area contributed by atoms with Gasteiger partial charge in [0.2, 0.25) is 0 Å². The average Bonchev–Trinajstić information content (AvgIpc) is 3.46. The van der Waals surface area contributed by atoms with E-state index in [4.69, 9.17) is 14.2 Å². The van der Waals surface area contributed by atoms with E-state index >= 15 is 0 Å². The molecule has 8 heteroatoms. The fourth-order valence-corrected chi connectivity index (χ4v) is 9.19. The third-order valence-corrected chi connectivity index (χ3v) is 11.3. The molecule has 4 aliphatic carbocycles. The van der Waals surface area contributed by atoms with Gasteiger partial charge in [0.25, 0.3) is 0 Å². The predicted molar refractivity (Wildman–Crippen MR) is 133 cm³/mol. The number of hydrogen-bond donors (Lipinski definition) is 4. The molecule has 0 spiro atoms. The second kappa shape index (κ2) is 9.42. The smallest absolute Gasteiger partial charge is 0.331 e. The number of cyclic esters (lactones) is 1. The number of rotatable bonds is 4. The Morgan fingerprint density at radius 1 is 1.05 bits per heavy atom. The van der Waals surface area contributed by atoms with Gasteiger partial charge in [-0.25, -0.2) is 4.79 Å². The van der Waals surface area contributed by atoms with Gasteiger partial charge >= 0.3 is 5.97 Å². The molecule has 6 aliphatic rings. The third-order valence-electron chi connectivity index (χ3n) is 11.3. The van der Waals surface area contributed by atoms with E-state index in [1.54, 1.807) is 11.6 Å². The maximum atomic E-state index is 11.8. The summed E-state index contributed by atoms with van der Waals surface area (Å²) in [6.45, 7) is 4.88. The van der Waals surface area contributed by atoms with Gasteiger partial charge in [-0.05, 0) is 91.4 Å². The molecule has 12 unspecified atom stereocenters. The molecule has 0 amide bonds. The number of hydrogen-bond acceptors (Lipinski definition) is 8. The highest BCUT2D eigenvalue weighted by molar-refractivity contribution is 5.85. The molecule has 1 saturated heterocycles. The van der Waals surface area contributed by atoms with Crippen molar-refractivity contribution in [3.63, 3.8) is 0 Å². The molecule has 2 heterocycles. The summed E-state index contributed by atoms with van der Waals surface area (Å²) in [6, 6.07) is 0. The minimum Gasteiger partial charge on any atom is -0.458 e. The standard InChI is InChI=1S/C29H42O8/c1-28-9-7-17(36-27-26(34)25(33)24(32)22(13-30)37-27)12-16(28)3-4-18-20-6-5-19(15-11-23(31)35-14-15)29(20,2)10-8-21(18)28/h6,11,16-19,21-22,24-27,30,32-34H,3-5,7-10,12-14H2,1-2H3. The Morgan fingerprint density at radius 3 is 2.59 bits per heavy atom. The van der Waals surface area contributed by atoms with E-state index in [1.165, 1.54) is 18.4 Å². The van der Waals surface area contributed by atoms with Crippen molar-refractivity contribution in [3.8, 4) is 0 Å². The molecule has 0 radical (unpaired) electrons. The van der Waals surface area contributed by atoms with Gasteiger partial charge in [-0.2, -0.15) is 0 Å². The van der Waals surface area contributed by atoms with Crippen molar-refractivity contribution in [1.29, 1.82) is 0 Å². The summed E-state index contributed by atoms with van der Waals surface area (Å²) < 4.78 is 17.1. The largest absolute Gasteiger partial charge is 0.458 e. The highest BCUT2D eigenvalue weighted by Crippen LogP contribution is 2.66. The van der Waals surface area contributed by atoms with Crippen molar-refractivity contribution in [1.82, 2.24) is 0 Å². The van der Waals surface area contributed by atoms with Gasteiger partial charge in [-0.1, -0.05) is 25.5 Å². The highest BCUT2D eigenvalue weighted by Gasteiger charge is 2.58. The van der Waals surface area contributed by atoms with E-state index in [0.717, 1.165) is 38.5 Å². The van der Waals surface area contributed by atoms with Crippen LogP contribution in [0.25, 0.3) is 0 Å². The summed E-state index contributed by atoms with van der Waals surface area (Å²) in [4.78, 5) is 11.8. The van der Waals surface area contributed by atoms with Gasteiger partial charge in [0.15, 0.2) is 6.29 Å². The first-order valence-electron chi connectivity index (χ1n) is 14.2. The first kappa shape index (κ1) is 26.0. The van der Waals surface area contributed by atoms with Gasteiger partial charge in [-0.15, -0.1) is 0 Å². The van der Waals surface area contributed by atoms with Crippen LogP contribution in [0.15, 0.2) is 23.3 Å². The second-order valence-corrected chi connectivity index (χ2v) is 13.0. The number of carbonyl (C=O) groups excluding carboxylic acids is 1. The lowest BCUT2D eigenvalue weighted by atomic mass is 9.45. The number of esters is 1. The van der Waals surface area contributed by atoms with Crippen molar-refractivity contribution in [3.05, 3.63) is 23.3 Å². The highest BCUT2D eigenvalue weighted by atomic mass is 16.7. The monoisotopic (exact) mass is 518 g/mol. The van der Waals surface area contributed by atoms with Crippen LogP contribution in [0.4, 0.5) is 0 Å². The van der Waals surface area contributed by atoms with Crippen molar-refractivity contribution >= 4 is 5.97 Å². The normalized spacial score (nSPS) is 51.5.